The molecule has 3 aromatic rings. The van der Waals surface area contributed by atoms with Crippen LogP contribution in [0.2, 0.25) is 0 Å². The molecule has 0 saturated carbocycles. The maximum atomic E-state index is 11.7. The first kappa shape index (κ1) is 16.3. The van der Waals surface area contributed by atoms with Gasteiger partial charge in [0.2, 0.25) is 0 Å². The Bertz CT molecular complexity index is 922. The number of furan rings is 1. The summed E-state index contributed by atoms with van der Waals surface area (Å²) in [6.07, 6.45) is 3.06. The van der Waals surface area contributed by atoms with Crippen molar-refractivity contribution in [3.05, 3.63) is 52.7 Å². The largest absolute Gasteiger partial charge is 0.467 e. The fourth-order valence-corrected chi connectivity index (χ4v) is 3.11. The number of piperazine rings is 1. The van der Waals surface area contributed by atoms with Crippen LogP contribution >= 0.6 is 0 Å². The summed E-state index contributed by atoms with van der Waals surface area (Å²) < 4.78 is 5.30. The van der Waals surface area contributed by atoms with Crippen LogP contribution in [0, 0.1) is 10.1 Å². The Labute approximate surface area is 149 Å². The predicted octanol–water partition coefficient (Wildman–Crippen LogP) is 2.15. The van der Waals surface area contributed by atoms with Gasteiger partial charge >= 0.3 is 0 Å². The van der Waals surface area contributed by atoms with Gasteiger partial charge < -0.3 is 20.0 Å². The fraction of sp³-hybridized carbons (Fsp3) is 0.294. The molecule has 0 bridgehead atoms. The average Bonchev–Trinajstić information content (AvgIpc) is 3.19. The molecule has 3 heterocycles. The van der Waals surface area contributed by atoms with E-state index in [0.29, 0.717) is 29.0 Å². The van der Waals surface area contributed by atoms with Crippen LogP contribution in [-0.2, 0) is 6.54 Å². The Morgan fingerprint density at radius 3 is 2.88 bits per heavy atom. The molecule has 9 heteroatoms. The quantitative estimate of drug-likeness (QED) is 0.530. The minimum Gasteiger partial charge on any atom is -0.467 e. The summed E-state index contributed by atoms with van der Waals surface area (Å²) in [5.41, 5.74) is 1.33. The van der Waals surface area contributed by atoms with Gasteiger partial charge in [-0.3, -0.25) is 10.1 Å². The number of nitro benzene ring substituents is 1. The van der Waals surface area contributed by atoms with Crippen molar-refractivity contribution in [1.82, 2.24) is 15.3 Å². The SMILES string of the molecule is O=[N+]([O-])c1cc2c(NCc3ccco3)ncnc2cc1N1CCNCC1. The molecular formula is C17H18N6O3. The second kappa shape index (κ2) is 6.96. The molecule has 0 radical (unpaired) electrons. The third-order valence-electron chi connectivity index (χ3n) is 4.40. The Balaban J connectivity index is 1.73. The fourth-order valence-electron chi connectivity index (χ4n) is 3.11. The zero-order valence-corrected chi connectivity index (χ0v) is 14.0. The number of nitrogens with zero attached hydrogens (tertiary/aromatic N) is 4. The molecule has 0 unspecified atom stereocenters. The summed E-state index contributed by atoms with van der Waals surface area (Å²) in [6.45, 7) is 3.48. The molecule has 4 rings (SSSR count). The van der Waals surface area contributed by atoms with Crippen LogP contribution < -0.4 is 15.5 Å². The van der Waals surface area contributed by atoms with Crippen LogP contribution in [0.15, 0.2) is 41.3 Å². The number of fused-ring (bicyclic) bond motifs is 1. The molecule has 1 saturated heterocycles. The highest BCUT2D eigenvalue weighted by atomic mass is 16.6. The lowest BCUT2D eigenvalue weighted by molar-refractivity contribution is -0.384. The van der Waals surface area contributed by atoms with Gasteiger partial charge in [-0.1, -0.05) is 0 Å². The Morgan fingerprint density at radius 2 is 2.15 bits per heavy atom. The van der Waals surface area contributed by atoms with Gasteiger partial charge in [-0.15, -0.1) is 0 Å². The van der Waals surface area contributed by atoms with E-state index in [4.69, 9.17) is 4.42 Å². The van der Waals surface area contributed by atoms with Gasteiger partial charge in [-0.2, -0.15) is 0 Å². The van der Waals surface area contributed by atoms with Gasteiger partial charge in [-0.05, 0) is 18.2 Å². The van der Waals surface area contributed by atoms with Crippen molar-refractivity contribution in [2.75, 3.05) is 36.4 Å². The molecule has 9 nitrogen and oxygen atoms in total. The summed E-state index contributed by atoms with van der Waals surface area (Å²) in [5, 5.41) is 18.7. The maximum absolute atomic E-state index is 11.7. The molecule has 2 aromatic heterocycles. The highest BCUT2D eigenvalue weighted by Gasteiger charge is 2.23. The summed E-state index contributed by atoms with van der Waals surface area (Å²) in [5.74, 6) is 1.30. The summed E-state index contributed by atoms with van der Waals surface area (Å²) in [4.78, 5) is 21.9. The van der Waals surface area contributed by atoms with Crippen LogP contribution in [0.4, 0.5) is 17.2 Å². The van der Waals surface area contributed by atoms with Gasteiger partial charge in [0, 0.05) is 37.6 Å². The van der Waals surface area contributed by atoms with E-state index in [1.165, 1.54) is 6.33 Å². The van der Waals surface area contributed by atoms with Crippen molar-refractivity contribution in [2.24, 2.45) is 0 Å². The molecule has 1 aromatic carbocycles. The third kappa shape index (κ3) is 3.16. The first-order chi connectivity index (χ1) is 12.7. The zero-order chi connectivity index (χ0) is 17.9. The molecule has 0 amide bonds. The Morgan fingerprint density at radius 1 is 1.31 bits per heavy atom. The van der Waals surface area contributed by atoms with Crippen LogP contribution in [0.25, 0.3) is 10.9 Å². The van der Waals surface area contributed by atoms with Crippen molar-refractivity contribution in [3.8, 4) is 0 Å². The number of hydrogen-bond donors (Lipinski definition) is 2. The van der Waals surface area contributed by atoms with Crippen LogP contribution in [0.1, 0.15) is 5.76 Å². The lowest BCUT2D eigenvalue weighted by atomic mass is 10.1. The molecule has 1 aliphatic rings. The topological polar surface area (TPSA) is 109 Å². The lowest BCUT2D eigenvalue weighted by Crippen LogP contribution is -2.43. The van der Waals surface area contributed by atoms with Crippen molar-refractivity contribution < 1.29 is 9.34 Å². The number of nitrogens with one attached hydrogen (secondary N) is 2. The number of hydrogen-bond acceptors (Lipinski definition) is 8. The first-order valence-corrected chi connectivity index (χ1v) is 8.37. The van der Waals surface area contributed by atoms with Gasteiger partial charge in [-0.25, -0.2) is 9.97 Å². The zero-order valence-electron chi connectivity index (χ0n) is 14.0. The van der Waals surface area contributed by atoms with Crippen molar-refractivity contribution in [1.29, 1.82) is 0 Å². The highest BCUT2D eigenvalue weighted by Crippen LogP contribution is 2.34. The van der Waals surface area contributed by atoms with E-state index in [1.54, 1.807) is 24.5 Å². The van der Waals surface area contributed by atoms with Crippen molar-refractivity contribution >= 4 is 28.1 Å². The van der Waals surface area contributed by atoms with Gasteiger partial charge in [0.1, 0.15) is 23.6 Å². The third-order valence-corrected chi connectivity index (χ3v) is 4.40. The number of benzene rings is 1. The monoisotopic (exact) mass is 354 g/mol. The Hall–Kier alpha value is -3.20. The lowest BCUT2D eigenvalue weighted by Gasteiger charge is -2.29. The van der Waals surface area contributed by atoms with E-state index in [-0.39, 0.29) is 10.6 Å². The number of anilines is 2. The van der Waals surface area contributed by atoms with Crippen LogP contribution in [0.3, 0.4) is 0 Å². The van der Waals surface area contributed by atoms with E-state index >= 15 is 0 Å². The minimum atomic E-state index is -0.347. The van der Waals surface area contributed by atoms with Gasteiger partial charge in [0.05, 0.1) is 23.2 Å². The van der Waals surface area contributed by atoms with E-state index in [0.717, 1.165) is 31.9 Å². The van der Waals surface area contributed by atoms with Gasteiger partial charge in [0.15, 0.2) is 0 Å². The van der Waals surface area contributed by atoms with Gasteiger partial charge in [0.25, 0.3) is 5.69 Å². The maximum Gasteiger partial charge on any atom is 0.293 e. The average molecular weight is 354 g/mol. The number of rotatable bonds is 5. The number of nitro groups is 1. The van der Waals surface area contributed by atoms with E-state index in [9.17, 15) is 10.1 Å². The summed E-state index contributed by atoms with van der Waals surface area (Å²) in [6, 6.07) is 6.98. The van der Waals surface area contributed by atoms with E-state index in [1.807, 2.05) is 11.0 Å². The van der Waals surface area contributed by atoms with E-state index < -0.39 is 0 Å². The summed E-state index contributed by atoms with van der Waals surface area (Å²) >= 11 is 0. The minimum absolute atomic E-state index is 0.0650. The van der Waals surface area contributed by atoms with E-state index in [2.05, 4.69) is 20.6 Å². The van der Waals surface area contributed by atoms with Crippen LogP contribution in [-0.4, -0.2) is 41.1 Å². The predicted molar refractivity (Wildman–Crippen MR) is 97.3 cm³/mol. The molecule has 2 N–H and O–H groups in total. The molecule has 1 fully saturated rings. The summed E-state index contributed by atoms with van der Waals surface area (Å²) in [7, 11) is 0. The molecule has 26 heavy (non-hydrogen) atoms. The standard InChI is InChI=1S/C17H18N6O3/c24-23(25)16-8-13-14(9-15(16)22-5-3-18-4-6-22)20-11-21-17(13)19-10-12-2-1-7-26-12/h1-2,7-9,11,18H,3-6,10H2,(H,19,20,21). The smallest absolute Gasteiger partial charge is 0.293 e. The highest BCUT2D eigenvalue weighted by molar-refractivity contribution is 5.94. The molecule has 1 aliphatic heterocycles. The molecule has 0 aliphatic carbocycles. The normalized spacial score (nSPS) is 14.5. The molecule has 134 valence electrons. The second-order valence-corrected chi connectivity index (χ2v) is 6.01. The second-order valence-electron chi connectivity index (χ2n) is 6.01. The number of aromatic nitrogens is 2. The Kier molecular flexibility index (Phi) is 4.36. The molecule has 0 atom stereocenters. The molecular weight excluding hydrogens is 336 g/mol. The first-order valence-electron chi connectivity index (χ1n) is 8.37. The molecule has 0 spiro atoms. The van der Waals surface area contributed by atoms with Crippen LogP contribution in [0.5, 0.6) is 0 Å². The van der Waals surface area contributed by atoms with Crippen molar-refractivity contribution in [3.63, 3.8) is 0 Å². The van der Waals surface area contributed by atoms with Crippen molar-refractivity contribution in [2.45, 2.75) is 6.54 Å².